The second-order valence-electron chi connectivity index (χ2n) is 13.1. The largest absolute Gasteiger partial charge is 0.309 e. The van der Waals surface area contributed by atoms with Gasteiger partial charge in [-0.15, -0.1) is 0 Å². The Kier molecular flexibility index (Phi) is 6.63. The van der Waals surface area contributed by atoms with E-state index < -0.39 is 0 Å². The van der Waals surface area contributed by atoms with Gasteiger partial charge in [-0.1, -0.05) is 115 Å². The first-order valence-electron chi connectivity index (χ1n) is 17.4. The summed E-state index contributed by atoms with van der Waals surface area (Å²) in [7, 11) is 0. The minimum atomic E-state index is 0.960. The minimum Gasteiger partial charge on any atom is -0.309 e. The van der Waals surface area contributed by atoms with Crippen molar-refractivity contribution in [2.24, 2.45) is 0 Å². The van der Waals surface area contributed by atoms with E-state index in [1.165, 1.54) is 54.7 Å². The van der Waals surface area contributed by atoms with Crippen LogP contribution < -0.4 is 0 Å². The van der Waals surface area contributed by atoms with Gasteiger partial charge in [0.15, 0.2) is 0 Å². The van der Waals surface area contributed by atoms with E-state index in [1.807, 2.05) is 0 Å². The Labute approximate surface area is 290 Å². The van der Waals surface area contributed by atoms with E-state index in [0.29, 0.717) is 0 Å². The average Bonchev–Trinajstić information content (AvgIpc) is 3.71. The van der Waals surface area contributed by atoms with Gasteiger partial charge >= 0.3 is 0 Å². The first-order valence-corrected chi connectivity index (χ1v) is 17.4. The number of allylic oxidation sites excluding steroid dienone is 4. The fourth-order valence-electron chi connectivity index (χ4n) is 7.83. The second kappa shape index (κ2) is 11.6. The molecule has 0 radical (unpaired) electrons. The molecule has 236 valence electrons. The molecule has 3 nitrogen and oxygen atoms in total. The van der Waals surface area contributed by atoms with Gasteiger partial charge < -0.3 is 9.13 Å². The molecule has 1 aliphatic rings. The van der Waals surface area contributed by atoms with Crippen LogP contribution in [0.25, 0.3) is 83.1 Å². The molecule has 0 amide bonds. The summed E-state index contributed by atoms with van der Waals surface area (Å²) in [6.07, 6.45) is 9.02. The molecule has 50 heavy (non-hydrogen) atoms. The van der Waals surface area contributed by atoms with Gasteiger partial charge in [0.2, 0.25) is 0 Å². The van der Waals surface area contributed by atoms with Gasteiger partial charge in [0.25, 0.3) is 0 Å². The first-order chi connectivity index (χ1) is 24.8. The quantitative estimate of drug-likeness (QED) is 0.184. The third-order valence-corrected chi connectivity index (χ3v) is 10.1. The first kappa shape index (κ1) is 28.6. The van der Waals surface area contributed by atoms with Crippen LogP contribution in [0.15, 0.2) is 176 Å². The van der Waals surface area contributed by atoms with Crippen LogP contribution in [0.3, 0.4) is 0 Å². The SMILES string of the molecule is C1=CC(c2cc(-c3cccc(-n4c5ccccc5c5ccccc54)c3)nc(-c3cccc(-n4c5ccccc5c5ccccc54)c3)c2)=CCC1. The number of fused-ring (bicyclic) bond motifs is 6. The van der Waals surface area contributed by atoms with E-state index >= 15 is 0 Å². The van der Waals surface area contributed by atoms with Crippen molar-refractivity contribution < 1.29 is 0 Å². The smallest absolute Gasteiger partial charge is 0.0716 e. The Morgan fingerprint density at radius 1 is 0.400 bits per heavy atom. The summed E-state index contributed by atoms with van der Waals surface area (Å²) in [5.41, 5.74) is 13.6. The van der Waals surface area contributed by atoms with Crippen molar-refractivity contribution >= 4 is 49.2 Å². The Bertz CT molecular complexity index is 2540. The number of benzene rings is 6. The van der Waals surface area contributed by atoms with Gasteiger partial charge in [-0.05, 0) is 84.6 Å². The van der Waals surface area contributed by atoms with E-state index in [-0.39, 0.29) is 0 Å². The number of aromatic nitrogens is 3. The van der Waals surface area contributed by atoms with Gasteiger partial charge in [-0.2, -0.15) is 0 Å². The predicted octanol–water partition coefficient (Wildman–Crippen LogP) is 12.3. The lowest BCUT2D eigenvalue weighted by molar-refractivity contribution is 1.04. The Hall–Kier alpha value is -6.45. The summed E-state index contributed by atoms with van der Waals surface area (Å²) in [6.45, 7) is 0. The van der Waals surface area contributed by atoms with E-state index in [9.17, 15) is 0 Å². The van der Waals surface area contributed by atoms with Gasteiger partial charge in [-0.3, -0.25) is 0 Å². The Morgan fingerprint density at radius 3 is 1.26 bits per heavy atom. The molecule has 1 aliphatic carbocycles. The fraction of sp³-hybridized carbons (Fsp3) is 0.0426. The van der Waals surface area contributed by atoms with Crippen molar-refractivity contribution in [2.75, 3.05) is 0 Å². The summed E-state index contributed by atoms with van der Waals surface area (Å²) < 4.78 is 4.75. The summed E-state index contributed by atoms with van der Waals surface area (Å²) in [5, 5.41) is 5.04. The van der Waals surface area contributed by atoms with Crippen LogP contribution in [0.4, 0.5) is 0 Å². The fourth-order valence-corrected chi connectivity index (χ4v) is 7.83. The molecule has 0 unspecified atom stereocenters. The van der Waals surface area contributed by atoms with Gasteiger partial charge in [-0.25, -0.2) is 4.98 Å². The van der Waals surface area contributed by atoms with Crippen LogP contribution in [0.5, 0.6) is 0 Å². The molecule has 0 saturated carbocycles. The van der Waals surface area contributed by atoms with Crippen LogP contribution in [-0.2, 0) is 0 Å². The molecule has 9 aromatic rings. The van der Waals surface area contributed by atoms with Crippen molar-refractivity contribution in [3.63, 3.8) is 0 Å². The number of nitrogens with zero attached hydrogens (tertiary/aromatic N) is 3. The van der Waals surface area contributed by atoms with Gasteiger partial charge in [0.1, 0.15) is 0 Å². The van der Waals surface area contributed by atoms with Gasteiger partial charge in [0.05, 0.1) is 33.5 Å². The van der Waals surface area contributed by atoms with E-state index in [0.717, 1.165) is 46.7 Å². The van der Waals surface area contributed by atoms with E-state index in [2.05, 4.69) is 185 Å². The molecular formula is C47H33N3. The Balaban J connectivity index is 1.15. The third kappa shape index (κ3) is 4.62. The lowest BCUT2D eigenvalue weighted by Gasteiger charge is -2.15. The normalized spacial score (nSPS) is 13.1. The third-order valence-electron chi connectivity index (χ3n) is 10.1. The van der Waals surface area contributed by atoms with Crippen molar-refractivity contribution in [3.8, 4) is 33.9 Å². The van der Waals surface area contributed by atoms with Gasteiger partial charge in [0, 0.05) is 44.0 Å². The van der Waals surface area contributed by atoms with Crippen LogP contribution >= 0.6 is 0 Å². The maximum absolute atomic E-state index is 5.39. The molecule has 0 atom stereocenters. The lowest BCUT2D eigenvalue weighted by atomic mass is 9.96. The molecule has 0 saturated heterocycles. The number of hydrogen-bond acceptors (Lipinski definition) is 1. The zero-order valence-corrected chi connectivity index (χ0v) is 27.5. The van der Waals surface area contributed by atoms with Crippen LogP contribution in [-0.4, -0.2) is 14.1 Å². The molecule has 0 bridgehead atoms. The highest BCUT2D eigenvalue weighted by atomic mass is 15.0. The Morgan fingerprint density at radius 2 is 0.840 bits per heavy atom. The van der Waals surface area contributed by atoms with Crippen molar-refractivity contribution in [1.82, 2.24) is 14.1 Å². The minimum absolute atomic E-state index is 0.960. The van der Waals surface area contributed by atoms with Crippen LogP contribution in [0.2, 0.25) is 0 Å². The summed E-state index contributed by atoms with van der Waals surface area (Å²) in [5.74, 6) is 0. The maximum atomic E-state index is 5.39. The molecule has 3 aromatic heterocycles. The highest BCUT2D eigenvalue weighted by Gasteiger charge is 2.16. The van der Waals surface area contributed by atoms with Crippen molar-refractivity contribution in [1.29, 1.82) is 0 Å². The topological polar surface area (TPSA) is 22.8 Å². The number of para-hydroxylation sites is 4. The van der Waals surface area contributed by atoms with Crippen LogP contribution in [0, 0.1) is 0 Å². The summed E-state index contributed by atoms with van der Waals surface area (Å²) in [6, 6.07) is 56.9. The molecule has 0 spiro atoms. The molecule has 10 rings (SSSR count). The number of hydrogen-bond donors (Lipinski definition) is 0. The van der Waals surface area contributed by atoms with Crippen molar-refractivity contribution in [3.05, 3.63) is 182 Å². The standard InChI is InChI=1S/C47H33N3/c1-2-14-32(15-3-1)35-30-42(33-16-12-18-36(28-33)49-44-24-8-4-20-38(44)39-21-5-9-25-45(39)49)48-43(31-35)34-17-13-19-37(29-34)50-46-26-10-6-22-40(46)41-23-7-11-27-47(41)50/h2,4-31H,1,3H2. The van der Waals surface area contributed by atoms with Crippen LogP contribution in [0.1, 0.15) is 18.4 Å². The lowest BCUT2D eigenvalue weighted by Crippen LogP contribution is -1.98. The predicted molar refractivity (Wildman–Crippen MR) is 210 cm³/mol. The molecule has 3 heteroatoms. The number of rotatable bonds is 5. The van der Waals surface area contributed by atoms with E-state index in [4.69, 9.17) is 4.98 Å². The molecular weight excluding hydrogens is 607 g/mol. The molecule has 6 aromatic carbocycles. The highest BCUT2D eigenvalue weighted by molar-refractivity contribution is 6.10. The highest BCUT2D eigenvalue weighted by Crippen LogP contribution is 2.36. The zero-order chi connectivity index (χ0) is 33.0. The summed E-state index contributed by atoms with van der Waals surface area (Å²) in [4.78, 5) is 5.39. The molecule has 0 N–H and O–H groups in total. The second-order valence-corrected chi connectivity index (χ2v) is 13.1. The number of pyridine rings is 1. The van der Waals surface area contributed by atoms with Crippen molar-refractivity contribution in [2.45, 2.75) is 12.8 Å². The molecule has 3 heterocycles. The van der Waals surface area contributed by atoms with E-state index in [1.54, 1.807) is 0 Å². The zero-order valence-electron chi connectivity index (χ0n) is 27.5. The molecule has 0 fully saturated rings. The summed E-state index contributed by atoms with van der Waals surface area (Å²) >= 11 is 0. The maximum Gasteiger partial charge on any atom is 0.0716 e. The average molecular weight is 640 g/mol. The monoisotopic (exact) mass is 639 g/mol. The molecule has 0 aliphatic heterocycles.